The summed E-state index contributed by atoms with van der Waals surface area (Å²) in [5, 5.41) is 23.6. The predicted octanol–water partition coefficient (Wildman–Crippen LogP) is 5.88. The van der Waals surface area contributed by atoms with Crippen molar-refractivity contribution in [1.82, 2.24) is 5.32 Å². The van der Waals surface area contributed by atoms with E-state index in [0.717, 1.165) is 24.6 Å². The van der Waals surface area contributed by atoms with Crippen LogP contribution < -0.4 is 15.7 Å². The van der Waals surface area contributed by atoms with Gasteiger partial charge in [-0.05, 0) is 24.6 Å². The Morgan fingerprint density at radius 2 is 1.51 bits per heavy atom. The monoisotopic (exact) mass is 517 g/mol. The first kappa shape index (κ1) is 30.8. The van der Waals surface area contributed by atoms with Gasteiger partial charge in [0.2, 0.25) is 5.91 Å². The highest BCUT2D eigenvalue weighted by Gasteiger charge is 2.20. The average molecular weight is 518 g/mol. The second kappa shape index (κ2) is 18.8. The fourth-order valence-corrected chi connectivity index (χ4v) is 4.48. The summed E-state index contributed by atoms with van der Waals surface area (Å²) in [5.41, 5.74) is -0.000355. The van der Waals surface area contributed by atoms with Crippen molar-refractivity contribution in [3.63, 3.8) is 0 Å². The number of ether oxygens (including phenoxy) is 1. The van der Waals surface area contributed by atoms with E-state index < -0.39 is 17.8 Å². The molecule has 208 valence electrons. The van der Waals surface area contributed by atoms with Crippen LogP contribution in [-0.4, -0.2) is 41.5 Å². The standard InChI is InChI=1S/C30H47NO6/c1-2-3-4-5-6-7-8-9-10-11-12-13-14-15-29(34)31-26(23-32)27(33)20-21-36-25-18-16-24-17-19-30(35)37-28(24)22-25/h16-19,22,26-27,32-33H,2-15,20-21,23H2,1H3,(H,31,34)/t26-,27+/m0/s1. The molecule has 1 amide bonds. The van der Waals surface area contributed by atoms with E-state index in [1.54, 1.807) is 24.3 Å². The van der Waals surface area contributed by atoms with E-state index in [0.29, 0.717) is 17.8 Å². The third-order valence-corrected chi connectivity index (χ3v) is 6.79. The zero-order valence-electron chi connectivity index (χ0n) is 22.6. The number of nitrogens with one attached hydrogen (secondary N) is 1. The summed E-state index contributed by atoms with van der Waals surface area (Å²) in [6.45, 7) is 2.10. The summed E-state index contributed by atoms with van der Waals surface area (Å²) in [7, 11) is 0. The molecule has 2 atom stereocenters. The van der Waals surface area contributed by atoms with Gasteiger partial charge in [0.1, 0.15) is 11.3 Å². The first-order chi connectivity index (χ1) is 18.0. The number of aliphatic hydroxyl groups excluding tert-OH is 2. The molecule has 0 unspecified atom stereocenters. The third kappa shape index (κ3) is 13.1. The van der Waals surface area contributed by atoms with Crippen LogP contribution in [0.15, 0.2) is 39.5 Å². The first-order valence-electron chi connectivity index (χ1n) is 14.3. The Hall–Kier alpha value is -2.38. The average Bonchev–Trinajstić information content (AvgIpc) is 2.89. The van der Waals surface area contributed by atoms with E-state index in [1.807, 2.05) is 0 Å². The van der Waals surface area contributed by atoms with Crippen LogP contribution in [0, 0.1) is 0 Å². The van der Waals surface area contributed by atoms with Gasteiger partial charge in [0.25, 0.3) is 0 Å². The van der Waals surface area contributed by atoms with Gasteiger partial charge in [-0.2, -0.15) is 0 Å². The third-order valence-electron chi connectivity index (χ3n) is 6.79. The lowest BCUT2D eigenvalue weighted by Crippen LogP contribution is -2.46. The summed E-state index contributed by atoms with van der Waals surface area (Å²) < 4.78 is 10.8. The number of hydrogen-bond acceptors (Lipinski definition) is 6. The Kier molecular flexibility index (Phi) is 15.7. The molecular weight excluding hydrogens is 470 g/mol. The summed E-state index contributed by atoms with van der Waals surface area (Å²) >= 11 is 0. The van der Waals surface area contributed by atoms with E-state index in [1.165, 1.54) is 70.3 Å². The van der Waals surface area contributed by atoms with Gasteiger partial charge in [-0.15, -0.1) is 0 Å². The quantitative estimate of drug-likeness (QED) is 0.141. The number of carbonyl (C=O) groups excluding carboxylic acids is 1. The van der Waals surface area contributed by atoms with Gasteiger partial charge in [0.05, 0.1) is 25.4 Å². The minimum atomic E-state index is -0.931. The smallest absolute Gasteiger partial charge is 0.336 e. The Bertz CT molecular complexity index is 943. The van der Waals surface area contributed by atoms with Crippen LogP contribution in [0.4, 0.5) is 0 Å². The number of hydrogen-bond donors (Lipinski definition) is 3. The number of benzene rings is 1. The Labute approximate surface area is 221 Å². The number of unbranched alkanes of at least 4 members (excludes halogenated alkanes) is 12. The second-order valence-corrected chi connectivity index (χ2v) is 10.0. The van der Waals surface area contributed by atoms with E-state index in [9.17, 15) is 19.8 Å². The number of rotatable bonds is 21. The molecule has 7 heteroatoms. The zero-order valence-corrected chi connectivity index (χ0v) is 22.6. The normalized spacial score (nSPS) is 12.9. The van der Waals surface area contributed by atoms with Gasteiger partial charge in [-0.3, -0.25) is 4.79 Å². The molecule has 0 saturated carbocycles. The van der Waals surface area contributed by atoms with Gasteiger partial charge >= 0.3 is 5.63 Å². The maximum atomic E-state index is 12.3. The maximum Gasteiger partial charge on any atom is 0.336 e. The van der Waals surface area contributed by atoms with Crippen LogP contribution in [0.25, 0.3) is 11.0 Å². The number of amides is 1. The van der Waals surface area contributed by atoms with E-state index >= 15 is 0 Å². The highest BCUT2D eigenvalue weighted by atomic mass is 16.5. The zero-order chi connectivity index (χ0) is 26.7. The van der Waals surface area contributed by atoms with Crippen LogP contribution in [0.3, 0.4) is 0 Å². The number of aliphatic hydroxyl groups is 2. The minimum absolute atomic E-state index is 0.147. The van der Waals surface area contributed by atoms with Gasteiger partial charge in [0, 0.05) is 30.4 Å². The second-order valence-electron chi connectivity index (χ2n) is 10.0. The molecule has 7 nitrogen and oxygen atoms in total. The molecule has 2 rings (SSSR count). The molecule has 1 aromatic carbocycles. The molecule has 0 spiro atoms. The molecule has 0 aliphatic carbocycles. The summed E-state index contributed by atoms with van der Waals surface area (Å²) in [6, 6.07) is 7.49. The molecule has 0 fully saturated rings. The summed E-state index contributed by atoms with van der Waals surface area (Å²) in [4.78, 5) is 23.6. The SMILES string of the molecule is CCCCCCCCCCCCCCCC(=O)N[C@@H](CO)[C@H](O)CCOc1ccc2ccc(=O)oc2c1. The number of fused-ring (bicyclic) bond motifs is 1. The summed E-state index contributed by atoms with van der Waals surface area (Å²) in [6.07, 6.45) is 16.0. The van der Waals surface area contributed by atoms with Crippen LogP contribution in [0.2, 0.25) is 0 Å². The Morgan fingerprint density at radius 3 is 2.14 bits per heavy atom. The summed E-state index contributed by atoms with van der Waals surface area (Å²) in [5.74, 6) is 0.368. The fraction of sp³-hybridized carbons (Fsp3) is 0.667. The molecule has 3 N–H and O–H groups in total. The highest BCUT2D eigenvalue weighted by Crippen LogP contribution is 2.20. The van der Waals surface area contributed by atoms with Crippen molar-refractivity contribution in [1.29, 1.82) is 0 Å². The van der Waals surface area contributed by atoms with Crippen molar-refractivity contribution in [3.8, 4) is 5.75 Å². The van der Waals surface area contributed by atoms with Crippen LogP contribution >= 0.6 is 0 Å². The lowest BCUT2D eigenvalue weighted by atomic mass is 10.0. The highest BCUT2D eigenvalue weighted by molar-refractivity contribution is 5.77. The van der Waals surface area contributed by atoms with Gasteiger partial charge in [-0.1, -0.05) is 84.0 Å². The molecule has 0 aliphatic rings. The van der Waals surface area contributed by atoms with E-state index in [2.05, 4.69) is 12.2 Å². The van der Waals surface area contributed by atoms with Crippen molar-refractivity contribution in [2.75, 3.05) is 13.2 Å². The topological polar surface area (TPSA) is 109 Å². The molecule has 37 heavy (non-hydrogen) atoms. The van der Waals surface area contributed by atoms with Gasteiger partial charge in [0.15, 0.2) is 0 Å². The molecule has 0 radical (unpaired) electrons. The lowest BCUT2D eigenvalue weighted by Gasteiger charge is -2.22. The van der Waals surface area contributed by atoms with E-state index in [4.69, 9.17) is 9.15 Å². The van der Waals surface area contributed by atoms with Crippen molar-refractivity contribution in [2.45, 2.75) is 115 Å². The first-order valence-corrected chi connectivity index (χ1v) is 14.3. The minimum Gasteiger partial charge on any atom is -0.493 e. The molecule has 0 aliphatic heterocycles. The van der Waals surface area contributed by atoms with Crippen LogP contribution in [-0.2, 0) is 4.79 Å². The molecule has 0 bridgehead atoms. The maximum absolute atomic E-state index is 12.3. The molecule has 0 saturated heterocycles. The molecule has 1 aromatic heterocycles. The van der Waals surface area contributed by atoms with Crippen molar-refractivity contribution >= 4 is 16.9 Å². The van der Waals surface area contributed by atoms with Crippen molar-refractivity contribution in [3.05, 3.63) is 40.8 Å². The lowest BCUT2D eigenvalue weighted by molar-refractivity contribution is -0.123. The molecule has 1 heterocycles. The van der Waals surface area contributed by atoms with Gasteiger partial charge in [-0.25, -0.2) is 4.79 Å². The van der Waals surface area contributed by atoms with Crippen LogP contribution in [0.1, 0.15) is 103 Å². The molecule has 2 aromatic rings. The van der Waals surface area contributed by atoms with E-state index in [-0.39, 0.29) is 25.5 Å². The Balaban J connectivity index is 1.52. The predicted molar refractivity (Wildman–Crippen MR) is 148 cm³/mol. The van der Waals surface area contributed by atoms with Crippen molar-refractivity contribution in [2.24, 2.45) is 0 Å². The van der Waals surface area contributed by atoms with Crippen LogP contribution in [0.5, 0.6) is 5.75 Å². The molecular formula is C30H47NO6. The van der Waals surface area contributed by atoms with Crippen molar-refractivity contribution < 1.29 is 24.2 Å². The Morgan fingerprint density at radius 1 is 0.919 bits per heavy atom. The fourth-order valence-electron chi connectivity index (χ4n) is 4.48. The number of carbonyl (C=O) groups is 1. The largest absolute Gasteiger partial charge is 0.493 e. The van der Waals surface area contributed by atoms with Gasteiger partial charge < -0.3 is 24.7 Å².